The molecule has 2 aromatic heterocycles. The third kappa shape index (κ3) is 4.60. The van der Waals surface area contributed by atoms with E-state index >= 15 is 0 Å². The van der Waals surface area contributed by atoms with Crippen molar-refractivity contribution in [3.05, 3.63) is 215 Å². The molecule has 9 aromatic rings. The summed E-state index contributed by atoms with van der Waals surface area (Å²) in [4.78, 5) is 0. The second kappa shape index (κ2) is 12.4. The van der Waals surface area contributed by atoms with E-state index in [2.05, 4.69) is 189 Å². The Hall–Kier alpha value is -5.80. The average Bonchev–Trinajstić information content (AvgIpc) is 3.89. The summed E-state index contributed by atoms with van der Waals surface area (Å²) in [6.45, 7) is 2.42. The zero-order valence-electron chi connectivity index (χ0n) is 29.9. The van der Waals surface area contributed by atoms with E-state index in [0.29, 0.717) is 5.92 Å². The fourth-order valence-electron chi connectivity index (χ4n) is 9.57. The lowest BCUT2D eigenvalue weighted by molar-refractivity contribution is 0.578. The molecule has 7 aromatic carbocycles. The summed E-state index contributed by atoms with van der Waals surface area (Å²) in [5.41, 5.74) is 12.9. The highest BCUT2D eigenvalue weighted by Crippen LogP contribution is 2.60. The molecule has 0 amide bonds. The topological polar surface area (TPSA) is 0 Å². The average molecular weight is 725 g/mol. The third-order valence-corrected chi connectivity index (χ3v) is 14.1. The van der Waals surface area contributed by atoms with Gasteiger partial charge in [-0.1, -0.05) is 153 Å². The van der Waals surface area contributed by atoms with Gasteiger partial charge in [0.1, 0.15) is 0 Å². The zero-order chi connectivity index (χ0) is 35.8. The molecule has 0 nitrogen and oxygen atoms in total. The number of thiophene rings is 2. The predicted molar refractivity (Wildman–Crippen MR) is 235 cm³/mol. The van der Waals surface area contributed by atoms with Crippen LogP contribution in [-0.4, -0.2) is 0 Å². The van der Waals surface area contributed by atoms with Gasteiger partial charge < -0.3 is 0 Å². The fourth-order valence-corrected chi connectivity index (χ4v) is 11.8. The zero-order valence-corrected chi connectivity index (χ0v) is 31.6. The summed E-state index contributed by atoms with van der Waals surface area (Å²) < 4.78 is 5.30. The molecule has 0 spiro atoms. The highest BCUT2D eigenvalue weighted by molar-refractivity contribution is 7.26. The predicted octanol–water partition coefficient (Wildman–Crippen LogP) is 14.8. The molecule has 2 aliphatic rings. The van der Waals surface area contributed by atoms with E-state index in [4.69, 9.17) is 0 Å². The maximum absolute atomic E-state index is 2.50. The van der Waals surface area contributed by atoms with Crippen LogP contribution in [0.25, 0.3) is 63.1 Å². The van der Waals surface area contributed by atoms with Crippen molar-refractivity contribution in [2.24, 2.45) is 5.92 Å². The van der Waals surface area contributed by atoms with Crippen molar-refractivity contribution < 1.29 is 0 Å². The molecule has 2 heterocycles. The monoisotopic (exact) mass is 724 g/mol. The Morgan fingerprint density at radius 2 is 1.20 bits per heavy atom. The standard InChI is InChI=1S/C52H36S2/c1-33-15-5-9-22-42(33)52(43-23-10-6-18-36(43)37-19-7-11-24-44(37)52)45-25-14-28-49-51(45)41-32-35(29-30-47(41)54-49)40(31-34-16-3-2-4-17-34)38-21-13-27-48-50(38)39-20-8-12-26-46(39)53-48/h2-14,16-33H,15H2,1H3/b40-31-. The highest BCUT2D eigenvalue weighted by atomic mass is 32.1. The van der Waals surface area contributed by atoms with Crippen molar-refractivity contribution in [3.63, 3.8) is 0 Å². The lowest BCUT2D eigenvalue weighted by atomic mass is 9.62. The van der Waals surface area contributed by atoms with Gasteiger partial charge in [-0.25, -0.2) is 0 Å². The first-order chi connectivity index (χ1) is 26.7. The number of hydrogen-bond donors (Lipinski definition) is 0. The Balaban J connectivity index is 1.23. The first kappa shape index (κ1) is 31.7. The molecule has 11 rings (SSSR count). The van der Waals surface area contributed by atoms with Crippen molar-refractivity contribution in [2.45, 2.75) is 18.8 Å². The maximum atomic E-state index is 2.50. The first-order valence-electron chi connectivity index (χ1n) is 18.9. The molecule has 0 saturated heterocycles. The largest absolute Gasteiger partial charge is 0.135 e. The minimum Gasteiger partial charge on any atom is -0.135 e. The summed E-state index contributed by atoms with van der Waals surface area (Å²) in [6, 6.07) is 59.1. The minimum absolute atomic E-state index is 0.395. The van der Waals surface area contributed by atoms with Crippen LogP contribution in [0.5, 0.6) is 0 Å². The minimum atomic E-state index is -0.412. The summed E-state index contributed by atoms with van der Waals surface area (Å²) in [6.07, 6.45) is 10.5. The van der Waals surface area contributed by atoms with Crippen LogP contribution in [0.15, 0.2) is 182 Å². The van der Waals surface area contributed by atoms with E-state index in [9.17, 15) is 0 Å². The molecule has 1 unspecified atom stereocenters. The summed E-state index contributed by atoms with van der Waals surface area (Å²) >= 11 is 3.80. The lowest BCUT2D eigenvalue weighted by Gasteiger charge is -2.40. The quantitative estimate of drug-likeness (QED) is 0.155. The Morgan fingerprint density at radius 3 is 1.98 bits per heavy atom. The van der Waals surface area contributed by atoms with Crippen molar-refractivity contribution in [1.29, 1.82) is 0 Å². The molecule has 1 atom stereocenters. The molecule has 54 heavy (non-hydrogen) atoms. The smallest absolute Gasteiger partial charge is 0.0685 e. The highest BCUT2D eigenvalue weighted by Gasteiger charge is 2.49. The van der Waals surface area contributed by atoms with E-state index in [1.807, 2.05) is 22.7 Å². The maximum Gasteiger partial charge on any atom is 0.0685 e. The number of rotatable bonds is 5. The van der Waals surface area contributed by atoms with Gasteiger partial charge in [0, 0.05) is 40.3 Å². The van der Waals surface area contributed by atoms with Crippen LogP contribution in [0.3, 0.4) is 0 Å². The Morgan fingerprint density at radius 1 is 0.574 bits per heavy atom. The molecule has 0 saturated carbocycles. The first-order valence-corrected chi connectivity index (χ1v) is 20.5. The van der Waals surface area contributed by atoms with Crippen LogP contribution >= 0.6 is 22.7 Å². The van der Waals surface area contributed by atoms with Gasteiger partial charge in [-0.05, 0) is 104 Å². The number of allylic oxidation sites excluding steroid dienone is 4. The Kier molecular flexibility index (Phi) is 7.27. The van der Waals surface area contributed by atoms with E-state index < -0.39 is 5.41 Å². The van der Waals surface area contributed by atoms with Crippen molar-refractivity contribution in [1.82, 2.24) is 0 Å². The van der Waals surface area contributed by atoms with Crippen molar-refractivity contribution in [3.8, 4) is 11.1 Å². The SMILES string of the molecule is CC1CC=CC=C1C1(c2cccc3sc4ccc(/C(=C/c5ccccc5)c5cccc6sc7ccccc7c56)cc4c23)c2ccccc2-c2ccccc21. The van der Waals surface area contributed by atoms with Crippen LogP contribution in [0.2, 0.25) is 0 Å². The summed E-state index contributed by atoms with van der Waals surface area (Å²) in [7, 11) is 0. The second-order valence-electron chi connectivity index (χ2n) is 14.8. The van der Waals surface area contributed by atoms with E-state index in [1.165, 1.54) is 96.0 Å². The Bertz CT molecular complexity index is 2990. The van der Waals surface area contributed by atoms with Gasteiger partial charge in [0.05, 0.1) is 5.41 Å². The van der Waals surface area contributed by atoms with Crippen LogP contribution in [0, 0.1) is 5.92 Å². The van der Waals surface area contributed by atoms with Crippen LogP contribution in [-0.2, 0) is 5.41 Å². The normalized spacial score (nSPS) is 16.3. The third-order valence-electron chi connectivity index (χ3n) is 11.8. The molecular formula is C52H36S2. The van der Waals surface area contributed by atoms with Crippen molar-refractivity contribution >= 4 is 74.7 Å². The Labute approximate surface area is 323 Å². The van der Waals surface area contributed by atoms with Gasteiger partial charge in [-0.3, -0.25) is 0 Å². The molecular weight excluding hydrogens is 689 g/mol. The molecule has 0 N–H and O–H groups in total. The van der Waals surface area contributed by atoms with E-state index in [-0.39, 0.29) is 0 Å². The molecule has 0 bridgehead atoms. The number of fused-ring (bicyclic) bond motifs is 9. The summed E-state index contributed by atoms with van der Waals surface area (Å²) in [5, 5.41) is 5.35. The number of hydrogen-bond acceptors (Lipinski definition) is 2. The van der Waals surface area contributed by atoms with Crippen LogP contribution in [0.1, 0.15) is 46.7 Å². The van der Waals surface area contributed by atoms with Gasteiger partial charge in [-0.2, -0.15) is 0 Å². The fraction of sp³-hybridized carbons (Fsp3) is 0.0769. The lowest BCUT2D eigenvalue weighted by Crippen LogP contribution is -2.33. The molecule has 0 radical (unpaired) electrons. The number of benzene rings is 7. The van der Waals surface area contributed by atoms with Gasteiger partial charge in [0.2, 0.25) is 0 Å². The second-order valence-corrected chi connectivity index (χ2v) is 16.9. The molecule has 2 aliphatic carbocycles. The van der Waals surface area contributed by atoms with E-state index in [1.54, 1.807) is 0 Å². The van der Waals surface area contributed by atoms with E-state index in [0.717, 1.165) is 6.42 Å². The van der Waals surface area contributed by atoms with Crippen molar-refractivity contribution in [2.75, 3.05) is 0 Å². The summed E-state index contributed by atoms with van der Waals surface area (Å²) in [5.74, 6) is 0.395. The van der Waals surface area contributed by atoms with Gasteiger partial charge in [-0.15, -0.1) is 22.7 Å². The van der Waals surface area contributed by atoms with Crippen LogP contribution < -0.4 is 0 Å². The van der Waals surface area contributed by atoms with Gasteiger partial charge in [0.15, 0.2) is 0 Å². The van der Waals surface area contributed by atoms with Crippen LogP contribution in [0.4, 0.5) is 0 Å². The molecule has 256 valence electrons. The van der Waals surface area contributed by atoms with Gasteiger partial charge in [0.25, 0.3) is 0 Å². The molecule has 0 aliphatic heterocycles. The molecule has 2 heteroatoms. The van der Waals surface area contributed by atoms with Gasteiger partial charge >= 0.3 is 0 Å². The molecule has 0 fully saturated rings.